The van der Waals surface area contributed by atoms with Gasteiger partial charge in [0.25, 0.3) is 0 Å². The second-order valence-corrected chi connectivity index (χ2v) is 3.53. The van der Waals surface area contributed by atoms with Crippen LogP contribution in [0, 0.1) is 0 Å². The molecule has 1 fully saturated rings. The highest BCUT2D eigenvalue weighted by molar-refractivity contribution is 6.11. The first kappa shape index (κ1) is 10.0. The molecule has 0 aromatic rings. The van der Waals surface area contributed by atoms with E-state index in [-0.39, 0.29) is 18.7 Å². The van der Waals surface area contributed by atoms with Crippen molar-refractivity contribution < 1.29 is 9.84 Å². The monoisotopic (exact) mass is 169 g/mol. The zero-order valence-corrected chi connectivity index (χ0v) is 7.73. The number of morpholine rings is 1. The SMILES string of the molecule is [B]C1CN(C(C)C)CC(CO)O1. The van der Waals surface area contributed by atoms with Gasteiger partial charge in [-0.25, -0.2) is 0 Å². The molecule has 0 amide bonds. The molecule has 0 spiro atoms. The molecule has 0 bridgehead atoms. The highest BCUT2D eigenvalue weighted by atomic mass is 16.5. The molecule has 4 heteroatoms. The minimum Gasteiger partial charge on any atom is -0.394 e. The molecule has 1 heterocycles. The molecule has 68 valence electrons. The summed E-state index contributed by atoms with van der Waals surface area (Å²) in [5.41, 5.74) is 0. The average Bonchev–Trinajstić information content (AvgIpc) is 2.03. The van der Waals surface area contributed by atoms with Gasteiger partial charge in [-0.15, -0.1) is 0 Å². The maximum Gasteiger partial charge on any atom is 0.110 e. The van der Waals surface area contributed by atoms with E-state index in [0.717, 1.165) is 13.1 Å². The van der Waals surface area contributed by atoms with E-state index in [4.69, 9.17) is 17.7 Å². The van der Waals surface area contributed by atoms with Gasteiger partial charge in [-0.05, 0) is 13.8 Å². The van der Waals surface area contributed by atoms with Crippen molar-refractivity contribution in [3.63, 3.8) is 0 Å². The van der Waals surface area contributed by atoms with Crippen molar-refractivity contribution in [3.8, 4) is 0 Å². The molecule has 12 heavy (non-hydrogen) atoms. The third-order valence-corrected chi connectivity index (χ3v) is 2.15. The summed E-state index contributed by atoms with van der Waals surface area (Å²) in [5.74, 6) is 0. The van der Waals surface area contributed by atoms with Crippen molar-refractivity contribution in [1.29, 1.82) is 0 Å². The van der Waals surface area contributed by atoms with Crippen molar-refractivity contribution in [3.05, 3.63) is 0 Å². The van der Waals surface area contributed by atoms with Crippen LogP contribution in [0.1, 0.15) is 13.8 Å². The van der Waals surface area contributed by atoms with Crippen molar-refractivity contribution in [1.82, 2.24) is 4.90 Å². The minimum atomic E-state index is -0.252. The molecule has 1 aliphatic heterocycles. The van der Waals surface area contributed by atoms with Crippen LogP contribution in [-0.4, -0.2) is 55.7 Å². The average molecular weight is 169 g/mol. The standard InChI is InChI=1S/C8H16BNO2/c1-6(2)10-3-7(5-11)12-8(9)4-10/h6-8,11H,3-5H2,1-2H3. The summed E-state index contributed by atoms with van der Waals surface area (Å²) in [5, 5.41) is 8.90. The summed E-state index contributed by atoms with van der Waals surface area (Å²) >= 11 is 0. The molecule has 2 unspecified atom stereocenters. The molecule has 3 nitrogen and oxygen atoms in total. The summed E-state index contributed by atoms with van der Waals surface area (Å²) in [6.07, 6.45) is -0.115. The molecular weight excluding hydrogens is 153 g/mol. The Morgan fingerprint density at radius 3 is 2.75 bits per heavy atom. The van der Waals surface area contributed by atoms with Crippen molar-refractivity contribution in [2.75, 3.05) is 19.7 Å². The lowest BCUT2D eigenvalue weighted by Gasteiger charge is -2.38. The quantitative estimate of drug-likeness (QED) is 0.570. The van der Waals surface area contributed by atoms with Gasteiger partial charge in [-0.2, -0.15) is 0 Å². The third-order valence-electron chi connectivity index (χ3n) is 2.15. The second kappa shape index (κ2) is 4.26. The second-order valence-electron chi connectivity index (χ2n) is 3.53. The lowest BCUT2D eigenvalue weighted by molar-refractivity contribution is -0.0788. The Bertz CT molecular complexity index is 143. The van der Waals surface area contributed by atoms with Gasteiger partial charge < -0.3 is 9.84 Å². The fourth-order valence-electron chi connectivity index (χ4n) is 1.42. The lowest BCUT2D eigenvalue weighted by atomic mass is 9.96. The Kier molecular flexibility index (Phi) is 3.56. The maximum atomic E-state index is 8.90. The first-order chi connectivity index (χ1) is 5.63. The van der Waals surface area contributed by atoms with Gasteiger partial charge in [-0.3, -0.25) is 4.90 Å². The Labute approximate surface area is 75.1 Å². The van der Waals surface area contributed by atoms with Gasteiger partial charge in [-0.1, -0.05) is 0 Å². The van der Waals surface area contributed by atoms with Crippen LogP contribution in [0.2, 0.25) is 0 Å². The van der Waals surface area contributed by atoms with Crippen molar-refractivity contribution >= 4 is 7.85 Å². The molecule has 1 N–H and O–H groups in total. The summed E-state index contributed by atoms with van der Waals surface area (Å²) in [4.78, 5) is 2.22. The van der Waals surface area contributed by atoms with Gasteiger partial charge in [0.2, 0.25) is 0 Å². The van der Waals surface area contributed by atoms with E-state index < -0.39 is 0 Å². The topological polar surface area (TPSA) is 32.7 Å². The molecule has 1 rings (SSSR count). The molecule has 1 saturated heterocycles. The number of aliphatic hydroxyl groups is 1. The molecule has 0 aliphatic carbocycles. The molecule has 2 radical (unpaired) electrons. The minimum absolute atomic E-state index is 0.0525. The highest BCUT2D eigenvalue weighted by Gasteiger charge is 2.25. The van der Waals surface area contributed by atoms with Crippen LogP contribution >= 0.6 is 0 Å². The molecule has 0 aromatic heterocycles. The number of hydrogen-bond acceptors (Lipinski definition) is 3. The summed E-state index contributed by atoms with van der Waals surface area (Å²) in [6, 6.07) is 0.215. The van der Waals surface area contributed by atoms with E-state index in [2.05, 4.69) is 18.7 Å². The van der Waals surface area contributed by atoms with E-state index >= 15 is 0 Å². The molecular formula is C8H16BNO2. The van der Waals surface area contributed by atoms with E-state index in [1.807, 2.05) is 0 Å². The van der Waals surface area contributed by atoms with Gasteiger partial charge in [0.05, 0.1) is 12.7 Å². The van der Waals surface area contributed by atoms with Crippen LogP contribution in [0.15, 0.2) is 0 Å². The first-order valence-electron chi connectivity index (χ1n) is 4.39. The summed E-state index contributed by atoms with van der Waals surface area (Å²) < 4.78 is 5.30. The zero-order chi connectivity index (χ0) is 9.14. The smallest absolute Gasteiger partial charge is 0.110 e. The molecule has 0 aromatic carbocycles. The van der Waals surface area contributed by atoms with E-state index in [9.17, 15) is 0 Å². The fraction of sp³-hybridized carbons (Fsp3) is 1.00. The predicted octanol–water partition coefficient (Wildman–Crippen LogP) is -0.418. The van der Waals surface area contributed by atoms with Crippen LogP contribution in [0.5, 0.6) is 0 Å². The maximum absolute atomic E-state index is 8.90. The number of hydrogen-bond donors (Lipinski definition) is 1. The number of nitrogens with zero attached hydrogens (tertiary/aromatic N) is 1. The third kappa shape index (κ3) is 2.47. The molecule has 2 atom stereocenters. The summed E-state index contributed by atoms with van der Waals surface area (Å²) in [7, 11) is 5.65. The number of rotatable bonds is 2. The predicted molar refractivity (Wildman–Crippen MR) is 48.2 cm³/mol. The largest absolute Gasteiger partial charge is 0.394 e. The fourth-order valence-corrected chi connectivity index (χ4v) is 1.42. The highest BCUT2D eigenvalue weighted by Crippen LogP contribution is 2.11. The Hall–Kier alpha value is -0.0551. The van der Waals surface area contributed by atoms with E-state index in [1.54, 1.807) is 0 Å². The van der Waals surface area contributed by atoms with Crippen LogP contribution in [-0.2, 0) is 4.74 Å². The van der Waals surface area contributed by atoms with Crippen LogP contribution in [0.4, 0.5) is 0 Å². The van der Waals surface area contributed by atoms with E-state index in [0.29, 0.717) is 6.04 Å². The Balaban J connectivity index is 2.45. The van der Waals surface area contributed by atoms with Gasteiger partial charge >= 0.3 is 0 Å². The summed E-state index contributed by atoms with van der Waals surface area (Å²) in [6.45, 7) is 5.83. The number of aliphatic hydroxyl groups excluding tert-OH is 1. The normalized spacial score (nSPS) is 32.7. The zero-order valence-electron chi connectivity index (χ0n) is 7.73. The lowest BCUT2D eigenvalue weighted by Crippen LogP contribution is -2.51. The van der Waals surface area contributed by atoms with Crippen molar-refractivity contribution in [2.45, 2.75) is 32.0 Å². The van der Waals surface area contributed by atoms with E-state index in [1.165, 1.54) is 0 Å². The molecule has 0 saturated carbocycles. The van der Waals surface area contributed by atoms with Crippen LogP contribution < -0.4 is 0 Å². The number of ether oxygens (including phenoxy) is 1. The van der Waals surface area contributed by atoms with Crippen LogP contribution in [0.3, 0.4) is 0 Å². The van der Waals surface area contributed by atoms with Gasteiger partial charge in [0.15, 0.2) is 0 Å². The van der Waals surface area contributed by atoms with Gasteiger partial charge in [0.1, 0.15) is 7.85 Å². The Morgan fingerprint density at radius 1 is 1.58 bits per heavy atom. The van der Waals surface area contributed by atoms with Crippen molar-refractivity contribution in [2.24, 2.45) is 0 Å². The van der Waals surface area contributed by atoms with Gasteiger partial charge in [0, 0.05) is 25.1 Å². The first-order valence-corrected chi connectivity index (χ1v) is 4.39. The van der Waals surface area contributed by atoms with Crippen LogP contribution in [0.25, 0.3) is 0 Å². The molecule has 1 aliphatic rings. The Morgan fingerprint density at radius 2 is 2.25 bits per heavy atom.